The molecule has 2 rings (SSSR count). The van der Waals surface area contributed by atoms with Crippen molar-refractivity contribution in [2.45, 2.75) is 12.3 Å². The van der Waals surface area contributed by atoms with Crippen molar-refractivity contribution in [3.8, 4) is 11.5 Å². The van der Waals surface area contributed by atoms with Crippen molar-refractivity contribution in [1.29, 1.82) is 0 Å². The highest BCUT2D eigenvalue weighted by molar-refractivity contribution is 5.96. The van der Waals surface area contributed by atoms with Gasteiger partial charge in [-0.1, -0.05) is 18.2 Å². The first kappa shape index (κ1) is 14.9. The van der Waals surface area contributed by atoms with Crippen LogP contribution in [0.3, 0.4) is 0 Å². The molecule has 0 aliphatic heterocycles. The molecule has 0 radical (unpaired) electrons. The number of hydrogen-bond acceptors (Lipinski definition) is 3. The van der Waals surface area contributed by atoms with E-state index >= 15 is 0 Å². The van der Waals surface area contributed by atoms with Gasteiger partial charge in [0, 0.05) is 17.9 Å². The van der Waals surface area contributed by atoms with Crippen LogP contribution in [0.25, 0.3) is 0 Å². The number of carbonyl (C=O) groups is 1. The van der Waals surface area contributed by atoms with Gasteiger partial charge in [0.1, 0.15) is 11.5 Å². The number of methoxy groups -OCH3 is 1. The summed E-state index contributed by atoms with van der Waals surface area (Å²) in [6, 6.07) is 13.9. The number of allylic oxidation sites excluding steroid dienone is 1. The van der Waals surface area contributed by atoms with E-state index in [4.69, 9.17) is 4.74 Å². The molecule has 0 amide bonds. The van der Waals surface area contributed by atoms with Gasteiger partial charge in [0.15, 0.2) is 5.78 Å². The SMILES string of the molecule is C=CC(CC(=O)c1ccc(O)cc1)c1cccc(OC)c1. The molecule has 3 heteroatoms. The minimum absolute atomic E-state index is 0.0164. The third kappa shape index (κ3) is 3.72. The van der Waals surface area contributed by atoms with Gasteiger partial charge in [-0.05, 0) is 42.0 Å². The summed E-state index contributed by atoms with van der Waals surface area (Å²) in [7, 11) is 1.61. The minimum atomic E-state index is -0.0681. The second-order valence-electron chi connectivity index (χ2n) is 4.79. The smallest absolute Gasteiger partial charge is 0.163 e. The Labute approximate surface area is 124 Å². The number of ether oxygens (including phenoxy) is 1. The molecule has 0 bridgehead atoms. The molecular weight excluding hydrogens is 264 g/mol. The Bertz CT molecular complexity index is 629. The van der Waals surface area contributed by atoms with Crippen LogP contribution in [0.15, 0.2) is 61.2 Å². The van der Waals surface area contributed by atoms with E-state index in [0.717, 1.165) is 11.3 Å². The molecule has 0 aliphatic rings. The van der Waals surface area contributed by atoms with Crippen LogP contribution < -0.4 is 4.74 Å². The van der Waals surface area contributed by atoms with Crippen molar-refractivity contribution in [3.63, 3.8) is 0 Å². The summed E-state index contributed by atoms with van der Waals surface area (Å²) in [6.07, 6.45) is 2.11. The summed E-state index contributed by atoms with van der Waals surface area (Å²) in [6.45, 7) is 3.82. The zero-order valence-electron chi connectivity index (χ0n) is 12.0. The standard InChI is InChI=1S/C18H18O3/c1-3-13(15-5-4-6-17(11-15)21-2)12-18(20)14-7-9-16(19)10-8-14/h3-11,13,19H,1,12H2,2H3. The average molecular weight is 282 g/mol. The third-order valence-corrected chi connectivity index (χ3v) is 3.40. The van der Waals surface area contributed by atoms with Crippen LogP contribution >= 0.6 is 0 Å². The van der Waals surface area contributed by atoms with E-state index in [0.29, 0.717) is 12.0 Å². The monoisotopic (exact) mass is 282 g/mol. The number of phenolic OH excluding ortho intramolecular Hbond substituents is 1. The topological polar surface area (TPSA) is 46.5 Å². The van der Waals surface area contributed by atoms with Crippen LogP contribution in [-0.2, 0) is 0 Å². The first-order chi connectivity index (χ1) is 10.1. The summed E-state index contributed by atoms with van der Waals surface area (Å²) >= 11 is 0. The van der Waals surface area contributed by atoms with Gasteiger partial charge >= 0.3 is 0 Å². The van der Waals surface area contributed by atoms with Gasteiger partial charge in [0.05, 0.1) is 7.11 Å². The van der Waals surface area contributed by atoms with E-state index in [9.17, 15) is 9.90 Å². The molecule has 0 aromatic heterocycles. The molecule has 2 aromatic carbocycles. The number of hydrogen-bond donors (Lipinski definition) is 1. The van der Waals surface area contributed by atoms with E-state index < -0.39 is 0 Å². The molecule has 21 heavy (non-hydrogen) atoms. The van der Waals surface area contributed by atoms with Crippen molar-refractivity contribution in [1.82, 2.24) is 0 Å². The molecular formula is C18H18O3. The normalized spacial score (nSPS) is 11.7. The van der Waals surface area contributed by atoms with E-state index in [-0.39, 0.29) is 17.5 Å². The van der Waals surface area contributed by atoms with Crippen LogP contribution in [0.5, 0.6) is 11.5 Å². The Morgan fingerprint density at radius 1 is 1.29 bits per heavy atom. The highest BCUT2D eigenvalue weighted by Gasteiger charge is 2.15. The number of aromatic hydroxyl groups is 1. The van der Waals surface area contributed by atoms with E-state index in [1.165, 1.54) is 12.1 Å². The van der Waals surface area contributed by atoms with Gasteiger partial charge in [-0.3, -0.25) is 4.79 Å². The largest absolute Gasteiger partial charge is 0.508 e. The number of phenols is 1. The summed E-state index contributed by atoms with van der Waals surface area (Å²) in [5, 5.41) is 9.26. The lowest BCUT2D eigenvalue weighted by atomic mass is 9.91. The van der Waals surface area contributed by atoms with Crippen LogP contribution in [0.1, 0.15) is 28.3 Å². The molecule has 0 saturated heterocycles. The number of carbonyl (C=O) groups excluding carboxylic acids is 1. The Balaban J connectivity index is 2.16. The van der Waals surface area contributed by atoms with Gasteiger partial charge in [-0.25, -0.2) is 0 Å². The summed E-state index contributed by atoms with van der Waals surface area (Å²) in [5.41, 5.74) is 1.58. The maximum absolute atomic E-state index is 12.3. The minimum Gasteiger partial charge on any atom is -0.508 e. The highest BCUT2D eigenvalue weighted by Crippen LogP contribution is 2.26. The van der Waals surface area contributed by atoms with Crippen LogP contribution in [0.4, 0.5) is 0 Å². The second kappa shape index (κ2) is 6.75. The van der Waals surface area contributed by atoms with Gasteiger partial charge < -0.3 is 9.84 Å². The summed E-state index contributed by atoms with van der Waals surface area (Å²) < 4.78 is 5.21. The van der Waals surface area contributed by atoms with E-state index in [1.54, 1.807) is 25.3 Å². The second-order valence-corrected chi connectivity index (χ2v) is 4.79. The molecule has 108 valence electrons. The molecule has 1 unspecified atom stereocenters. The van der Waals surface area contributed by atoms with Crippen LogP contribution in [0.2, 0.25) is 0 Å². The zero-order chi connectivity index (χ0) is 15.2. The lowest BCUT2D eigenvalue weighted by Crippen LogP contribution is -2.06. The number of Topliss-reactive ketones (excluding diaryl/α,β-unsaturated/α-hetero) is 1. The quantitative estimate of drug-likeness (QED) is 0.644. The lowest BCUT2D eigenvalue weighted by molar-refractivity contribution is 0.0978. The number of rotatable bonds is 6. The van der Waals surface area contributed by atoms with Gasteiger partial charge in [-0.15, -0.1) is 6.58 Å². The van der Waals surface area contributed by atoms with Crippen molar-refractivity contribution in [3.05, 3.63) is 72.3 Å². The maximum atomic E-state index is 12.3. The predicted octanol–water partition coefficient (Wildman–Crippen LogP) is 3.94. The van der Waals surface area contributed by atoms with Crippen molar-refractivity contribution in [2.24, 2.45) is 0 Å². The van der Waals surface area contributed by atoms with Crippen molar-refractivity contribution < 1.29 is 14.6 Å². The third-order valence-electron chi connectivity index (χ3n) is 3.40. The molecule has 1 N–H and O–H groups in total. The molecule has 2 aromatic rings. The molecule has 1 atom stereocenters. The zero-order valence-corrected chi connectivity index (χ0v) is 12.0. The Hall–Kier alpha value is -2.55. The number of ketones is 1. The maximum Gasteiger partial charge on any atom is 0.163 e. The fourth-order valence-electron chi connectivity index (χ4n) is 2.17. The van der Waals surface area contributed by atoms with Crippen molar-refractivity contribution in [2.75, 3.05) is 7.11 Å². The number of benzene rings is 2. The van der Waals surface area contributed by atoms with E-state index in [2.05, 4.69) is 6.58 Å². The van der Waals surface area contributed by atoms with Crippen molar-refractivity contribution >= 4 is 5.78 Å². The first-order valence-corrected chi connectivity index (χ1v) is 6.72. The Kier molecular flexibility index (Phi) is 4.77. The van der Waals surface area contributed by atoms with Crippen LogP contribution in [0, 0.1) is 0 Å². The summed E-state index contributed by atoms with van der Waals surface area (Å²) in [5.74, 6) is 0.861. The highest BCUT2D eigenvalue weighted by atomic mass is 16.5. The van der Waals surface area contributed by atoms with Crippen LogP contribution in [-0.4, -0.2) is 18.0 Å². The molecule has 0 spiro atoms. The average Bonchev–Trinajstić information content (AvgIpc) is 2.53. The first-order valence-electron chi connectivity index (χ1n) is 6.72. The Morgan fingerprint density at radius 3 is 2.62 bits per heavy atom. The fourth-order valence-corrected chi connectivity index (χ4v) is 2.17. The molecule has 0 saturated carbocycles. The van der Waals surface area contributed by atoms with Gasteiger partial charge in [0.2, 0.25) is 0 Å². The molecule has 0 heterocycles. The predicted molar refractivity (Wildman–Crippen MR) is 83.0 cm³/mol. The molecule has 0 aliphatic carbocycles. The molecule has 0 fully saturated rings. The van der Waals surface area contributed by atoms with Gasteiger partial charge in [0.25, 0.3) is 0 Å². The van der Waals surface area contributed by atoms with Gasteiger partial charge in [-0.2, -0.15) is 0 Å². The summed E-state index contributed by atoms with van der Waals surface area (Å²) in [4.78, 5) is 12.3. The Morgan fingerprint density at radius 2 is 2.00 bits per heavy atom. The lowest BCUT2D eigenvalue weighted by Gasteiger charge is -2.13. The van der Waals surface area contributed by atoms with E-state index in [1.807, 2.05) is 24.3 Å². The molecule has 3 nitrogen and oxygen atoms in total. The fraction of sp³-hybridized carbons (Fsp3) is 0.167.